The summed E-state index contributed by atoms with van der Waals surface area (Å²) in [5.74, 6) is 1.42. The van der Waals surface area contributed by atoms with Gasteiger partial charge in [0.2, 0.25) is 0 Å². The highest BCUT2D eigenvalue weighted by molar-refractivity contribution is 5.94. The van der Waals surface area contributed by atoms with Gasteiger partial charge >= 0.3 is 0 Å². The lowest BCUT2D eigenvalue weighted by molar-refractivity contribution is 0.0507. The average Bonchev–Trinajstić information content (AvgIpc) is 3.21. The van der Waals surface area contributed by atoms with Crippen molar-refractivity contribution in [3.63, 3.8) is 0 Å². The molecule has 0 bridgehead atoms. The fourth-order valence-electron chi connectivity index (χ4n) is 3.25. The zero-order valence-electron chi connectivity index (χ0n) is 16.8. The molecular weight excluding hydrogens is 352 g/mol. The van der Waals surface area contributed by atoms with Crippen molar-refractivity contribution in [2.75, 3.05) is 19.8 Å². The smallest absolute Gasteiger partial charge is 0.254 e. The molecule has 2 aromatic rings. The van der Waals surface area contributed by atoms with Gasteiger partial charge in [0, 0.05) is 37.7 Å². The molecule has 150 valence electrons. The predicted molar refractivity (Wildman–Crippen MR) is 109 cm³/mol. The molecule has 1 unspecified atom stereocenters. The largest absolute Gasteiger partial charge is 0.494 e. The first kappa shape index (κ1) is 20.3. The maximum atomic E-state index is 13.2. The molecule has 0 radical (unpaired) electrons. The third-order valence-corrected chi connectivity index (χ3v) is 4.90. The van der Waals surface area contributed by atoms with E-state index in [-0.39, 0.29) is 12.0 Å². The van der Waals surface area contributed by atoms with Crippen LogP contribution in [-0.4, -0.2) is 41.7 Å². The quantitative estimate of drug-likeness (QED) is 0.648. The normalized spacial score (nSPS) is 16.3. The summed E-state index contributed by atoms with van der Waals surface area (Å²) >= 11 is 0. The summed E-state index contributed by atoms with van der Waals surface area (Å²) in [7, 11) is 0. The van der Waals surface area contributed by atoms with Gasteiger partial charge in [0.15, 0.2) is 0 Å². The zero-order chi connectivity index (χ0) is 19.8. The number of benzene rings is 1. The van der Waals surface area contributed by atoms with Gasteiger partial charge in [0.25, 0.3) is 5.91 Å². The van der Waals surface area contributed by atoms with Gasteiger partial charge in [-0.1, -0.05) is 19.9 Å². The van der Waals surface area contributed by atoms with Crippen molar-refractivity contribution in [1.29, 1.82) is 0 Å². The Kier molecular flexibility index (Phi) is 7.43. The van der Waals surface area contributed by atoms with Gasteiger partial charge in [0.1, 0.15) is 5.75 Å². The lowest BCUT2D eigenvalue weighted by atomic mass is 10.1. The van der Waals surface area contributed by atoms with Crippen LogP contribution in [0.3, 0.4) is 0 Å². The molecule has 5 heteroatoms. The highest BCUT2D eigenvalue weighted by Crippen LogP contribution is 2.19. The molecule has 1 atom stereocenters. The van der Waals surface area contributed by atoms with E-state index in [2.05, 4.69) is 18.8 Å². The third kappa shape index (κ3) is 6.06. The number of pyridine rings is 1. The van der Waals surface area contributed by atoms with Gasteiger partial charge < -0.3 is 14.4 Å². The average molecular weight is 383 g/mol. The van der Waals surface area contributed by atoms with E-state index in [1.165, 1.54) is 0 Å². The summed E-state index contributed by atoms with van der Waals surface area (Å²) in [5.41, 5.74) is 1.68. The Bertz CT molecular complexity index is 725. The number of nitrogens with zero attached hydrogens (tertiary/aromatic N) is 2. The van der Waals surface area contributed by atoms with Crippen LogP contribution in [0.1, 0.15) is 49.0 Å². The monoisotopic (exact) mass is 382 g/mol. The molecule has 2 heterocycles. The fourth-order valence-corrected chi connectivity index (χ4v) is 3.25. The summed E-state index contributed by atoms with van der Waals surface area (Å²) in [5, 5.41) is 0. The molecule has 28 heavy (non-hydrogen) atoms. The molecule has 1 aliphatic heterocycles. The molecule has 1 amide bonds. The standard InChI is InChI=1S/C23H30N2O3/c1-18(2)11-14-28-21-9-7-20(8-10-21)23(26)25(17-22-6-4-13-27-22)16-19-5-3-12-24-15-19/h3,5,7-10,12,15,18,22H,4,6,11,13-14,16-17H2,1-2H3. The molecule has 0 aliphatic carbocycles. The van der Waals surface area contributed by atoms with Gasteiger partial charge in [-0.3, -0.25) is 9.78 Å². The van der Waals surface area contributed by atoms with Crippen molar-refractivity contribution in [3.8, 4) is 5.75 Å². The SMILES string of the molecule is CC(C)CCOc1ccc(C(=O)N(Cc2cccnc2)CC2CCCO2)cc1. The number of hydrogen-bond acceptors (Lipinski definition) is 4. The van der Waals surface area contributed by atoms with Crippen LogP contribution in [0.2, 0.25) is 0 Å². The van der Waals surface area contributed by atoms with Crippen LogP contribution in [0.25, 0.3) is 0 Å². The Labute approximate surface area is 167 Å². The van der Waals surface area contributed by atoms with Gasteiger partial charge in [0.05, 0.1) is 12.7 Å². The first-order chi connectivity index (χ1) is 13.6. The first-order valence-electron chi connectivity index (χ1n) is 10.1. The molecule has 0 saturated carbocycles. The van der Waals surface area contributed by atoms with Crippen LogP contribution < -0.4 is 4.74 Å². The van der Waals surface area contributed by atoms with E-state index in [0.29, 0.717) is 31.2 Å². The lowest BCUT2D eigenvalue weighted by Crippen LogP contribution is -2.37. The number of hydrogen-bond donors (Lipinski definition) is 0. The van der Waals surface area contributed by atoms with E-state index >= 15 is 0 Å². The number of rotatable bonds is 9. The van der Waals surface area contributed by atoms with E-state index in [0.717, 1.165) is 37.2 Å². The predicted octanol–water partition coefficient (Wildman–Crippen LogP) is 4.33. The number of carbonyl (C=O) groups is 1. The second-order valence-corrected chi connectivity index (χ2v) is 7.74. The molecule has 3 rings (SSSR count). The Balaban J connectivity index is 1.67. The molecular formula is C23H30N2O3. The minimum Gasteiger partial charge on any atom is -0.494 e. The van der Waals surface area contributed by atoms with E-state index in [1.807, 2.05) is 41.3 Å². The van der Waals surface area contributed by atoms with Crippen LogP contribution in [0.4, 0.5) is 0 Å². The first-order valence-corrected chi connectivity index (χ1v) is 10.1. The summed E-state index contributed by atoms with van der Waals surface area (Å²) in [6, 6.07) is 11.3. The van der Waals surface area contributed by atoms with Crippen molar-refractivity contribution >= 4 is 5.91 Å². The van der Waals surface area contributed by atoms with Crippen LogP contribution in [0, 0.1) is 5.92 Å². The van der Waals surface area contributed by atoms with Crippen molar-refractivity contribution in [3.05, 3.63) is 59.9 Å². The summed E-state index contributed by atoms with van der Waals surface area (Å²) in [6.07, 6.45) is 6.73. The highest BCUT2D eigenvalue weighted by atomic mass is 16.5. The minimum absolute atomic E-state index is 0.00748. The summed E-state index contributed by atoms with van der Waals surface area (Å²) in [6.45, 7) is 6.95. The number of aromatic nitrogens is 1. The molecule has 1 aliphatic rings. The lowest BCUT2D eigenvalue weighted by Gasteiger charge is -2.25. The van der Waals surface area contributed by atoms with Crippen LogP contribution >= 0.6 is 0 Å². The Morgan fingerprint density at radius 2 is 2.11 bits per heavy atom. The fraction of sp³-hybridized carbons (Fsp3) is 0.478. The van der Waals surface area contributed by atoms with Gasteiger partial charge in [-0.15, -0.1) is 0 Å². The van der Waals surface area contributed by atoms with Crippen LogP contribution in [0.5, 0.6) is 5.75 Å². The van der Waals surface area contributed by atoms with Crippen LogP contribution in [0.15, 0.2) is 48.8 Å². The number of amides is 1. The molecule has 0 N–H and O–H groups in total. The number of carbonyl (C=O) groups excluding carboxylic acids is 1. The van der Waals surface area contributed by atoms with E-state index in [4.69, 9.17) is 9.47 Å². The Morgan fingerprint density at radius 3 is 2.75 bits per heavy atom. The van der Waals surface area contributed by atoms with Crippen molar-refractivity contribution in [1.82, 2.24) is 9.88 Å². The van der Waals surface area contributed by atoms with Crippen molar-refractivity contribution < 1.29 is 14.3 Å². The van der Waals surface area contributed by atoms with Crippen LogP contribution in [-0.2, 0) is 11.3 Å². The van der Waals surface area contributed by atoms with E-state index in [1.54, 1.807) is 12.4 Å². The Morgan fingerprint density at radius 1 is 1.29 bits per heavy atom. The molecule has 5 nitrogen and oxygen atoms in total. The second-order valence-electron chi connectivity index (χ2n) is 7.74. The van der Waals surface area contributed by atoms with Crippen molar-refractivity contribution in [2.45, 2.75) is 45.8 Å². The second kappa shape index (κ2) is 10.2. The molecule has 1 saturated heterocycles. The summed E-state index contributed by atoms with van der Waals surface area (Å²) in [4.78, 5) is 19.2. The van der Waals surface area contributed by atoms with Gasteiger partial charge in [-0.2, -0.15) is 0 Å². The minimum atomic E-state index is 0.00748. The van der Waals surface area contributed by atoms with E-state index in [9.17, 15) is 4.79 Å². The maximum absolute atomic E-state index is 13.2. The topological polar surface area (TPSA) is 51.7 Å². The zero-order valence-corrected chi connectivity index (χ0v) is 16.8. The number of ether oxygens (including phenoxy) is 2. The molecule has 1 aromatic heterocycles. The molecule has 1 aromatic carbocycles. The van der Waals surface area contributed by atoms with Gasteiger partial charge in [-0.05, 0) is 61.1 Å². The molecule has 0 spiro atoms. The highest BCUT2D eigenvalue weighted by Gasteiger charge is 2.23. The van der Waals surface area contributed by atoms with Gasteiger partial charge in [-0.25, -0.2) is 0 Å². The van der Waals surface area contributed by atoms with Crippen molar-refractivity contribution in [2.24, 2.45) is 5.92 Å². The third-order valence-electron chi connectivity index (χ3n) is 4.90. The van der Waals surface area contributed by atoms with E-state index < -0.39 is 0 Å². The Hall–Kier alpha value is -2.40. The summed E-state index contributed by atoms with van der Waals surface area (Å²) < 4.78 is 11.5. The molecule has 1 fully saturated rings. The maximum Gasteiger partial charge on any atom is 0.254 e.